The van der Waals surface area contributed by atoms with Crippen molar-refractivity contribution in [1.82, 2.24) is 0 Å². The van der Waals surface area contributed by atoms with Crippen molar-refractivity contribution in [2.75, 3.05) is 0 Å². The molecule has 1 unspecified atom stereocenters. The molecule has 2 N–H and O–H groups in total. The van der Waals surface area contributed by atoms with Gasteiger partial charge in [0.1, 0.15) is 5.58 Å². The van der Waals surface area contributed by atoms with Gasteiger partial charge in [0.05, 0.1) is 0 Å². The van der Waals surface area contributed by atoms with E-state index < -0.39 is 0 Å². The standard InChI is InChI=1S/C15H19NO2/c1-9(2)12(16)8-13(17)15-7-11-6-10(3)4-5-14(11)18-15/h4-7,9,12H,8,16H2,1-3H3. The zero-order chi connectivity index (χ0) is 13.3. The van der Waals surface area contributed by atoms with Crippen LogP contribution in [0.1, 0.15) is 36.4 Å². The fourth-order valence-electron chi connectivity index (χ4n) is 1.85. The van der Waals surface area contributed by atoms with E-state index in [-0.39, 0.29) is 11.8 Å². The summed E-state index contributed by atoms with van der Waals surface area (Å²) in [6.45, 7) is 6.04. The molecule has 0 aliphatic rings. The molecular weight excluding hydrogens is 226 g/mol. The van der Waals surface area contributed by atoms with Gasteiger partial charge in [0.2, 0.25) is 0 Å². The van der Waals surface area contributed by atoms with E-state index in [1.54, 1.807) is 6.07 Å². The summed E-state index contributed by atoms with van der Waals surface area (Å²) in [4.78, 5) is 12.0. The van der Waals surface area contributed by atoms with E-state index in [1.165, 1.54) is 0 Å². The van der Waals surface area contributed by atoms with Gasteiger partial charge in [-0.1, -0.05) is 25.5 Å². The van der Waals surface area contributed by atoms with Gasteiger partial charge in [-0.15, -0.1) is 0 Å². The Kier molecular flexibility index (Phi) is 3.53. The first-order valence-corrected chi connectivity index (χ1v) is 6.26. The third kappa shape index (κ3) is 2.62. The lowest BCUT2D eigenvalue weighted by molar-refractivity contribution is 0.0942. The number of ketones is 1. The number of hydrogen-bond acceptors (Lipinski definition) is 3. The van der Waals surface area contributed by atoms with E-state index in [2.05, 4.69) is 0 Å². The van der Waals surface area contributed by atoms with Gasteiger partial charge >= 0.3 is 0 Å². The normalized spacial score (nSPS) is 13.2. The summed E-state index contributed by atoms with van der Waals surface area (Å²) in [6.07, 6.45) is 0.330. The van der Waals surface area contributed by atoms with Crippen LogP contribution >= 0.6 is 0 Å². The molecule has 1 heterocycles. The molecule has 0 aliphatic carbocycles. The number of nitrogens with two attached hydrogens (primary N) is 1. The molecule has 2 aromatic rings. The van der Waals surface area contributed by atoms with Gasteiger partial charge < -0.3 is 10.2 Å². The number of fused-ring (bicyclic) bond motifs is 1. The fourth-order valence-corrected chi connectivity index (χ4v) is 1.85. The zero-order valence-corrected chi connectivity index (χ0v) is 11.1. The maximum absolute atomic E-state index is 12.0. The topological polar surface area (TPSA) is 56.2 Å². The highest BCUT2D eigenvalue weighted by Gasteiger charge is 2.17. The maximum atomic E-state index is 12.0. The van der Waals surface area contributed by atoms with E-state index in [0.29, 0.717) is 18.1 Å². The summed E-state index contributed by atoms with van der Waals surface area (Å²) < 4.78 is 5.56. The Morgan fingerprint density at radius 1 is 1.33 bits per heavy atom. The predicted octanol–water partition coefficient (Wildman–Crippen LogP) is 3.30. The zero-order valence-electron chi connectivity index (χ0n) is 11.1. The Hall–Kier alpha value is -1.61. The van der Waals surface area contributed by atoms with Crippen LogP contribution < -0.4 is 5.73 Å². The van der Waals surface area contributed by atoms with Gasteiger partial charge in [0.25, 0.3) is 0 Å². The third-order valence-electron chi connectivity index (χ3n) is 3.22. The highest BCUT2D eigenvalue weighted by atomic mass is 16.3. The molecule has 0 radical (unpaired) electrons. The first-order valence-electron chi connectivity index (χ1n) is 6.26. The van der Waals surface area contributed by atoms with Gasteiger partial charge in [-0.25, -0.2) is 0 Å². The monoisotopic (exact) mass is 245 g/mol. The van der Waals surface area contributed by atoms with Crippen LogP contribution in [0, 0.1) is 12.8 Å². The van der Waals surface area contributed by atoms with E-state index >= 15 is 0 Å². The smallest absolute Gasteiger partial charge is 0.199 e. The van der Waals surface area contributed by atoms with E-state index in [9.17, 15) is 4.79 Å². The highest BCUT2D eigenvalue weighted by Crippen LogP contribution is 2.22. The summed E-state index contributed by atoms with van der Waals surface area (Å²) in [5.41, 5.74) is 7.82. The fraction of sp³-hybridized carbons (Fsp3) is 0.400. The van der Waals surface area contributed by atoms with Crippen molar-refractivity contribution in [3.63, 3.8) is 0 Å². The van der Waals surface area contributed by atoms with Crippen LogP contribution in [0.15, 0.2) is 28.7 Å². The molecule has 0 fully saturated rings. The number of aryl methyl sites for hydroxylation is 1. The number of hydrogen-bond donors (Lipinski definition) is 1. The molecular formula is C15H19NO2. The van der Waals surface area contributed by atoms with Crippen molar-refractivity contribution < 1.29 is 9.21 Å². The Morgan fingerprint density at radius 2 is 2.06 bits per heavy atom. The molecule has 3 nitrogen and oxygen atoms in total. The number of furan rings is 1. The molecule has 1 atom stereocenters. The Bertz CT molecular complexity index is 569. The van der Waals surface area contributed by atoms with Crippen molar-refractivity contribution >= 4 is 16.8 Å². The predicted molar refractivity (Wildman–Crippen MR) is 72.7 cm³/mol. The lowest BCUT2D eigenvalue weighted by Crippen LogP contribution is -2.29. The second-order valence-corrected chi connectivity index (χ2v) is 5.19. The molecule has 0 bridgehead atoms. The van der Waals surface area contributed by atoms with Crippen molar-refractivity contribution in [3.8, 4) is 0 Å². The molecule has 0 amide bonds. The maximum Gasteiger partial charge on any atom is 0.199 e. The Balaban J connectivity index is 2.23. The number of Topliss-reactive ketones (excluding diaryl/α,β-unsaturated/α-hetero) is 1. The van der Waals surface area contributed by atoms with Crippen LogP contribution in [0.5, 0.6) is 0 Å². The largest absolute Gasteiger partial charge is 0.453 e. The molecule has 0 spiro atoms. The Labute approximate surface area is 107 Å². The van der Waals surface area contributed by atoms with Gasteiger partial charge in [0.15, 0.2) is 11.5 Å². The number of benzene rings is 1. The highest BCUT2D eigenvalue weighted by molar-refractivity contribution is 5.97. The molecule has 1 aromatic carbocycles. The van der Waals surface area contributed by atoms with Crippen LogP contribution in [0.25, 0.3) is 11.0 Å². The average Bonchev–Trinajstić information content (AvgIpc) is 2.71. The number of carbonyl (C=O) groups is 1. The summed E-state index contributed by atoms with van der Waals surface area (Å²) in [7, 11) is 0. The molecule has 1 aromatic heterocycles. The SMILES string of the molecule is Cc1ccc2oc(C(=O)CC(N)C(C)C)cc2c1. The van der Waals surface area contributed by atoms with Crippen LogP contribution in [0.4, 0.5) is 0 Å². The molecule has 0 saturated carbocycles. The molecule has 0 saturated heterocycles. The summed E-state index contributed by atoms with van der Waals surface area (Å²) >= 11 is 0. The van der Waals surface area contributed by atoms with Crippen molar-refractivity contribution in [3.05, 3.63) is 35.6 Å². The van der Waals surface area contributed by atoms with Gasteiger partial charge in [-0.05, 0) is 31.0 Å². The van der Waals surface area contributed by atoms with Crippen LogP contribution in [-0.2, 0) is 0 Å². The van der Waals surface area contributed by atoms with Crippen molar-refractivity contribution in [2.45, 2.75) is 33.2 Å². The quantitative estimate of drug-likeness (QED) is 0.841. The van der Waals surface area contributed by atoms with E-state index in [0.717, 1.165) is 16.5 Å². The molecule has 18 heavy (non-hydrogen) atoms. The van der Waals surface area contributed by atoms with Crippen molar-refractivity contribution in [1.29, 1.82) is 0 Å². The second-order valence-electron chi connectivity index (χ2n) is 5.19. The summed E-state index contributed by atoms with van der Waals surface area (Å²) in [5, 5.41) is 0.969. The molecule has 2 rings (SSSR count). The average molecular weight is 245 g/mol. The first-order chi connectivity index (χ1) is 8.47. The third-order valence-corrected chi connectivity index (χ3v) is 3.22. The molecule has 3 heteroatoms. The number of rotatable bonds is 4. The minimum Gasteiger partial charge on any atom is -0.453 e. The minimum atomic E-state index is -0.118. The second kappa shape index (κ2) is 4.94. The van der Waals surface area contributed by atoms with Crippen molar-refractivity contribution in [2.24, 2.45) is 11.7 Å². The van der Waals surface area contributed by atoms with Crippen LogP contribution in [0.2, 0.25) is 0 Å². The molecule has 0 aliphatic heterocycles. The lowest BCUT2D eigenvalue weighted by Gasteiger charge is -2.13. The van der Waals surface area contributed by atoms with E-state index in [4.69, 9.17) is 10.2 Å². The minimum absolute atomic E-state index is 0.0231. The van der Waals surface area contributed by atoms with Gasteiger partial charge in [0, 0.05) is 17.8 Å². The summed E-state index contributed by atoms with van der Waals surface area (Å²) in [6, 6.07) is 7.56. The lowest BCUT2D eigenvalue weighted by atomic mass is 9.99. The van der Waals surface area contributed by atoms with Crippen LogP contribution in [0.3, 0.4) is 0 Å². The summed E-state index contributed by atoms with van der Waals surface area (Å²) in [5.74, 6) is 0.678. The Morgan fingerprint density at radius 3 is 2.72 bits per heavy atom. The molecule has 96 valence electrons. The van der Waals surface area contributed by atoms with Crippen LogP contribution in [-0.4, -0.2) is 11.8 Å². The number of carbonyl (C=O) groups excluding carboxylic acids is 1. The van der Waals surface area contributed by atoms with Gasteiger partial charge in [-0.2, -0.15) is 0 Å². The van der Waals surface area contributed by atoms with Gasteiger partial charge in [-0.3, -0.25) is 4.79 Å². The van der Waals surface area contributed by atoms with E-state index in [1.807, 2.05) is 39.0 Å². The first kappa shape index (κ1) is 12.8.